The van der Waals surface area contributed by atoms with Gasteiger partial charge in [-0.15, -0.1) is 0 Å². The number of ketones is 1. The fraction of sp³-hybridized carbons (Fsp3) is 0.238. The van der Waals surface area contributed by atoms with Crippen LogP contribution >= 0.6 is 23.2 Å². The zero-order valence-corrected chi connectivity index (χ0v) is 18.9. The number of amides is 1. The quantitative estimate of drug-likeness (QED) is 0.650. The third-order valence-electron chi connectivity index (χ3n) is 4.41. The molecule has 0 saturated carbocycles. The summed E-state index contributed by atoms with van der Waals surface area (Å²) in [6, 6.07) is 11.2. The molecule has 0 fully saturated rings. The molecule has 9 heteroatoms. The van der Waals surface area contributed by atoms with Crippen molar-refractivity contribution >= 4 is 55.5 Å². The number of rotatable bonds is 5. The maximum atomic E-state index is 12.9. The molecule has 0 bridgehead atoms. The molecule has 1 N–H and O–H groups in total. The molecule has 3 rings (SSSR count). The van der Waals surface area contributed by atoms with Crippen LogP contribution in [0.2, 0.25) is 10.0 Å². The van der Waals surface area contributed by atoms with Gasteiger partial charge in [-0.3, -0.25) is 9.59 Å². The smallest absolute Gasteiger partial charge is 0.268 e. The molecule has 0 radical (unpaired) electrons. The predicted molar refractivity (Wildman–Crippen MR) is 119 cm³/mol. The number of nitrogens with zero attached hydrogens (tertiary/aromatic N) is 1. The minimum Gasteiger partial charge on any atom is -0.378 e. The van der Waals surface area contributed by atoms with E-state index in [1.165, 1.54) is 6.07 Å². The van der Waals surface area contributed by atoms with Crippen molar-refractivity contribution in [2.45, 2.75) is 26.3 Å². The Balaban J connectivity index is 1.81. The summed E-state index contributed by atoms with van der Waals surface area (Å²) in [6.45, 7) is 4.92. The highest BCUT2D eigenvalue weighted by atomic mass is 35.5. The Labute approximate surface area is 185 Å². The summed E-state index contributed by atoms with van der Waals surface area (Å²) >= 11 is 11.9. The van der Waals surface area contributed by atoms with E-state index in [2.05, 4.69) is 5.32 Å². The molecule has 2 aromatic rings. The van der Waals surface area contributed by atoms with Gasteiger partial charge in [0.25, 0.3) is 15.9 Å². The summed E-state index contributed by atoms with van der Waals surface area (Å²) in [5.41, 5.74) is 0.340. The normalized spacial score (nSPS) is 15.8. The third-order valence-corrected chi connectivity index (χ3v) is 7.08. The molecule has 6 nitrogen and oxygen atoms in total. The van der Waals surface area contributed by atoms with Crippen molar-refractivity contribution in [1.29, 1.82) is 0 Å². The molecule has 0 spiro atoms. The molecule has 30 heavy (non-hydrogen) atoms. The van der Waals surface area contributed by atoms with Crippen molar-refractivity contribution in [3.8, 4) is 0 Å². The average molecular weight is 467 g/mol. The second kappa shape index (κ2) is 8.06. The van der Waals surface area contributed by atoms with E-state index >= 15 is 0 Å². The predicted octanol–water partition coefficient (Wildman–Crippen LogP) is 4.60. The van der Waals surface area contributed by atoms with Gasteiger partial charge in [-0.25, -0.2) is 12.7 Å². The summed E-state index contributed by atoms with van der Waals surface area (Å²) in [7, 11) is -3.97. The molecular formula is C21H20Cl2N2O4S. The number of benzene rings is 2. The van der Waals surface area contributed by atoms with Crippen LogP contribution in [-0.2, 0) is 14.8 Å². The van der Waals surface area contributed by atoms with Crippen LogP contribution in [0.4, 0.5) is 5.69 Å². The fourth-order valence-electron chi connectivity index (χ4n) is 3.16. The van der Waals surface area contributed by atoms with Crippen LogP contribution in [0.5, 0.6) is 0 Å². The van der Waals surface area contributed by atoms with Crippen LogP contribution in [0.25, 0.3) is 4.91 Å². The monoisotopic (exact) mass is 466 g/mol. The van der Waals surface area contributed by atoms with Crippen molar-refractivity contribution in [1.82, 2.24) is 4.31 Å². The third kappa shape index (κ3) is 4.38. The van der Waals surface area contributed by atoms with E-state index in [9.17, 15) is 18.0 Å². The van der Waals surface area contributed by atoms with Gasteiger partial charge in [-0.2, -0.15) is 0 Å². The van der Waals surface area contributed by atoms with Gasteiger partial charge in [0.05, 0.1) is 17.1 Å². The van der Waals surface area contributed by atoms with E-state index in [-0.39, 0.29) is 22.3 Å². The molecule has 0 aromatic heterocycles. The standard InChI is InChI=1S/C21H20Cl2N2O4S/c1-21(2,3)25-20(27)11-19(30(25,28)29)13-5-4-6-15(9-13)24-12-18(26)16-8-7-14(22)10-17(16)23/h4-11,24H,12H2,1-3H3. The molecule has 0 atom stereocenters. The Morgan fingerprint density at radius 2 is 1.80 bits per heavy atom. The number of hydrogen-bond acceptors (Lipinski definition) is 5. The van der Waals surface area contributed by atoms with E-state index in [0.29, 0.717) is 21.8 Å². The van der Waals surface area contributed by atoms with Gasteiger partial charge in [-0.05, 0) is 56.7 Å². The Kier molecular flexibility index (Phi) is 6.00. The van der Waals surface area contributed by atoms with E-state index in [1.54, 1.807) is 57.2 Å². The Bertz CT molecular complexity index is 1170. The van der Waals surface area contributed by atoms with Crippen LogP contribution < -0.4 is 5.32 Å². The summed E-state index contributed by atoms with van der Waals surface area (Å²) in [5, 5.41) is 3.65. The largest absolute Gasteiger partial charge is 0.378 e. The summed E-state index contributed by atoms with van der Waals surface area (Å²) in [6.07, 6.45) is 1.12. The molecule has 158 valence electrons. The Hall–Kier alpha value is -2.35. The zero-order valence-electron chi connectivity index (χ0n) is 16.6. The number of anilines is 1. The van der Waals surface area contributed by atoms with Crippen LogP contribution in [0, 0.1) is 0 Å². The fourth-order valence-corrected chi connectivity index (χ4v) is 5.56. The lowest BCUT2D eigenvalue weighted by Gasteiger charge is -2.30. The lowest BCUT2D eigenvalue weighted by Crippen LogP contribution is -2.45. The van der Waals surface area contributed by atoms with Gasteiger partial charge in [0, 0.05) is 22.3 Å². The molecule has 1 aliphatic heterocycles. The topological polar surface area (TPSA) is 83.6 Å². The van der Waals surface area contributed by atoms with Gasteiger partial charge in [0.1, 0.15) is 4.91 Å². The second-order valence-corrected chi connectivity index (χ2v) is 10.4. The number of carbonyl (C=O) groups is 2. The molecule has 1 heterocycles. The van der Waals surface area contributed by atoms with Gasteiger partial charge in [-0.1, -0.05) is 35.3 Å². The van der Waals surface area contributed by atoms with Crippen molar-refractivity contribution in [3.63, 3.8) is 0 Å². The first-order valence-corrected chi connectivity index (χ1v) is 11.2. The van der Waals surface area contributed by atoms with E-state index in [0.717, 1.165) is 10.4 Å². The summed E-state index contributed by atoms with van der Waals surface area (Å²) < 4.78 is 26.7. The maximum absolute atomic E-state index is 12.9. The highest BCUT2D eigenvalue weighted by molar-refractivity contribution is 7.99. The number of carbonyl (C=O) groups excluding carboxylic acids is 2. The number of hydrogen-bond donors (Lipinski definition) is 1. The minimum atomic E-state index is -3.97. The Morgan fingerprint density at radius 1 is 1.10 bits per heavy atom. The number of Topliss-reactive ketones (excluding diaryl/α,β-unsaturated/α-hetero) is 1. The molecule has 2 aromatic carbocycles. The average Bonchev–Trinajstić information content (AvgIpc) is 2.88. The number of halogens is 2. The Morgan fingerprint density at radius 3 is 2.40 bits per heavy atom. The molecule has 0 aliphatic carbocycles. The van der Waals surface area contributed by atoms with Crippen molar-refractivity contribution in [2.75, 3.05) is 11.9 Å². The highest BCUT2D eigenvalue weighted by Crippen LogP contribution is 2.36. The lowest BCUT2D eigenvalue weighted by atomic mass is 10.1. The molecule has 1 aliphatic rings. The summed E-state index contributed by atoms with van der Waals surface area (Å²) in [4.78, 5) is 24.7. The van der Waals surface area contributed by atoms with Gasteiger partial charge >= 0.3 is 0 Å². The van der Waals surface area contributed by atoms with E-state index in [1.807, 2.05) is 0 Å². The van der Waals surface area contributed by atoms with Crippen molar-refractivity contribution < 1.29 is 18.0 Å². The zero-order chi connectivity index (χ0) is 22.3. The van der Waals surface area contributed by atoms with Gasteiger partial charge in [0.15, 0.2) is 5.78 Å². The lowest BCUT2D eigenvalue weighted by molar-refractivity contribution is -0.123. The molecular weight excluding hydrogens is 447 g/mol. The molecule has 0 saturated heterocycles. The van der Waals surface area contributed by atoms with E-state index in [4.69, 9.17) is 23.2 Å². The van der Waals surface area contributed by atoms with Crippen molar-refractivity contribution in [3.05, 3.63) is 69.7 Å². The van der Waals surface area contributed by atoms with Crippen LogP contribution in [0.15, 0.2) is 48.5 Å². The first-order valence-electron chi connectivity index (χ1n) is 9.05. The minimum absolute atomic E-state index is 0.0519. The number of nitrogens with one attached hydrogen (secondary N) is 1. The molecule has 0 unspecified atom stereocenters. The van der Waals surface area contributed by atoms with Crippen LogP contribution in [0.3, 0.4) is 0 Å². The maximum Gasteiger partial charge on any atom is 0.268 e. The molecule has 1 amide bonds. The van der Waals surface area contributed by atoms with Gasteiger partial charge < -0.3 is 5.32 Å². The SMILES string of the molecule is CC(C)(C)N1C(=O)C=C(c2cccc(NCC(=O)c3ccc(Cl)cc3Cl)c2)S1(=O)=O. The van der Waals surface area contributed by atoms with Crippen molar-refractivity contribution in [2.24, 2.45) is 0 Å². The van der Waals surface area contributed by atoms with E-state index < -0.39 is 21.5 Å². The first-order chi connectivity index (χ1) is 13.9. The van der Waals surface area contributed by atoms with Crippen LogP contribution in [-0.4, -0.2) is 36.5 Å². The van der Waals surface area contributed by atoms with Gasteiger partial charge in [0.2, 0.25) is 0 Å². The second-order valence-electron chi connectivity index (χ2n) is 7.77. The number of sulfonamides is 1. The highest BCUT2D eigenvalue weighted by Gasteiger charge is 2.44. The first kappa shape index (κ1) is 22.3. The van der Waals surface area contributed by atoms with Crippen LogP contribution in [0.1, 0.15) is 36.7 Å². The summed E-state index contributed by atoms with van der Waals surface area (Å²) in [5.74, 6) is -0.827.